The third-order valence-corrected chi connectivity index (χ3v) is 5.50. The molecule has 0 radical (unpaired) electrons. The smallest absolute Gasteiger partial charge is 0.262 e. The van der Waals surface area contributed by atoms with Gasteiger partial charge in [0.2, 0.25) is 0 Å². The summed E-state index contributed by atoms with van der Waals surface area (Å²) in [7, 11) is 1.76. The third kappa shape index (κ3) is 5.30. The molecule has 0 aliphatic carbocycles. The number of aryl methyl sites for hydroxylation is 1. The highest BCUT2D eigenvalue weighted by Crippen LogP contribution is 2.31. The van der Waals surface area contributed by atoms with Crippen molar-refractivity contribution in [3.05, 3.63) is 118 Å². The zero-order valence-corrected chi connectivity index (χ0v) is 19.2. The van der Waals surface area contributed by atoms with E-state index in [1.54, 1.807) is 17.8 Å². The molecule has 2 heterocycles. The lowest BCUT2D eigenvalue weighted by Gasteiger charge is -2.14. The van der Waals surface area contributed by atoms with Gasteiger partial charge in [-0.2, -0.15) is 5.10 Å². The van der Waals surface area contributed by atoms with Crippen molar-refractivity contribution in [3.63, 3.8) is 0 Å². The first-order valence-corrected chi connectivity index (χ1v) is 11.2. The number of rotatable bonds is 8. The Hall–Kier alpha value is -4.65. The number of fused-ring (bicyclic) bond motifs is 1. The highest BCUT2D eigenvalue weighted by molar-refractivity contribution is 5.75. The molecule has 0 fully saturated rings. The molecule has 3 aromatic carbocycles. The van der Waals surface area contributed by atoms with E-state index in [1.807, 2.05) is 84.9 Å². The van der Waals surface area contributed by atoms with E-state index in [1.165, 1.54) is 6.20 Å². The summed E-state index contributed by atoms with van der Waals surface area (Å²) in [4.78, 5) is 19.6. The molecule has 7 nitrogen and oxygen atoms in total. The number of aromatic amines is 1. The molecule has 0 aliphatic heterocycles. The van der Waals surface area contributed by atoms with E-state index in [2.05, 4.69) is 15.1 Å². The summed E-state index contributed by atoms with van der Waals surface area (Å²) in [5.41, 5.74) is 3.33. The molecule has 0 atom stereocenters. The molecule has 174 valence electrons. The summed E-state index contributed by atoms with van der Waals surface area (Å²) in [5.74, 6) is 1.74. The molecule has 0 aliphatic rings. The standard InChI is InChI=1S/C28H24N4O3/c1-32-27-23(17-29-32)28(33)31-26(30-27)15-13-20-12-14-24(34-18-21-8-4-2-5-9-21)25(16-20)35-19-22-10-6-3-7-11-22/h2-17H,18-19H2,1H3,(H,30,31,33)/b15-13+. The lowest BCUT2D eigenvalue weighted by molar-refractivity contribution is 0.256. The average Bonchev–Trinajstić information content (AvgIpc) is 3.27. The predicted octanol–water partition coefficient (Wildman–Crippen LogP) is 4.99. The fourth-order valence-corrected chi connectivity index (χ4v) is 3.63. The van der Waals surface area contributed by atoms with E-state index < -0.39 is 0 Å². The van der Waals surface area contributed by atoms with Gasteiger partial charge in [-0.3, -0.25) is 9.48 Å². The Morgan fingerprint density at radius 2 is 1.51 bits per heavy atom. The van der Waals surface area contributed by atoms with Gasteiger partial charge in [0.15, 0.2) is 17.1 Å². The Morgan fingerprint density at radius 3 is 2.20 bits per heavy atom. The summed E-state index contributed by atoms with van der Waals surface area (Å²) in [5, 5.41) is 4.56. The van der Waals surface area contributed by atoms with Crippen LogP contribution in [0.2, 0.25) is 0 Å². The maximum atomic E-state index is 12.3. The second-order valence-electron chi connectivity index (χ2n) is 8.04. The molecule has 5 rings (SSSR count). The molecule has 2 aromatic heterocycles. The van der Waals surface area contributed by atoms with Gasteiger partial charge in [0.05, 0.1) is 6.20 Å². The Labute approximate surface area is 202 Å². The first-order chi connectivity index (χ1) is 17.2. The van der Waals surface area contributed by atoms with Gasteiger partial charge < -0.3 is 14.5 Å². The summed E-state index contributed by atoms with van der Waals surface area (Å²) in [6.07, 6.45) is 5.14. The SMILES string of the molecule is Cn1ncc2c(=O)[nH]c(/C=C/c3ccc(OCc4ccccc4)c(OCc4ccccc4)c3)nc21. The normalized spacial score (nSPS) is 11.2. The number of hydrogen-bond acceptors (Lipinski definition) is 5. The number of benzene rings is 3. The van der Waals surface area contributed by atoms with Crippen molar-refractivity contribution in [2.45, 2.75) is 13.2 Å². The van der Waals surface area contributed by atoms with Crippen LogP contribution in [0.5, 0.6) is 11.5 Å². The van der Waals surface area contributed by atoms with Crippen LogP contribution in [-0.2, 0) is 20.3 Å². The highest BCUT2D eigenvalue weighted by Gasteiger charge is 2.09. The number of nitrogens with one attached hydrogen (secondary N) is 1. The van der Waals surface area contributed by atoms with Crippen molar-refractivity contribution in [2.24, 2.45) is 7.05 Å². The fraction of sp³-hybridized carbons (Fsp3) is 0.107. The minimum Gasteiger partial charge on any atom is -0.485 e. The van der Waals surface area contributed by atoms with Gasteiger partial charge >= 0.3 is 0 Å². The number of aromatic nitrogens is 4. The Kier molecular flexibility index (Phi) is 6.39. The maximum Gasteiger partial charge on any atom is 0.262 e. The van der Waals surface area contributed by atoms with Crippen LogP contribution in [0.1, 0.15) is 22.5 Å². The second-order valence-corrected chi connectivity index (χ2v) is 8.04. The quantitative estimate of drug-likeness (QED) is 0.350. The lowest BCUT2D eigenvalue weighted by atomic mass is 10.1. The first-order valence-electron chi connectivity index (χ1n) is 11.2. The summed E-state index contributed by atoms with van der Waals surface area (Å²) in [6.45, 7) is 0.856. The molecule has 0 spiro atoms. The maximum absolute atomic E-state index is 12.3. The van der Waals surface area contributed by atoms with Crippen molar-refractivity contribution in [3.8, 4) is 11.5 Å². The van der Waals surface area contributed by atoms with Crippen molar-refractivity contribution in [1.29, 1.82) is 0 Å². The van der Waals surface area contributed by atoms with Crippen LogP contribution < -0.4 is 15.0 Å². The van der Waals surface area contributed by atoms with Gasteiger partial charge in [0.25, 0.3) is 5.56 Å². The summed E-state index contributed by atoms with van der Waals surface area (Å²) < 4.78 is 13.8. The van der Waals surface area contributed by atoms with Gasteiger partial charge in [-0.05, 0) is 34.9 Å². The van der Waals surface area contributed by atoms with Crippen molar-refractivity contribution < 1.29 is 9.47 Å². The number of H-pyrrole nitrogens is 1. The monoisotopic (exact) mass is 464 g/mol. The van der Waals surface area contributed by atoms with Gasteiger partial charge in [0.1, 0.15) is 24.4 Å². The van der Waals surface area contributed by atoms with Crippen LogP contribution in [0.15, 0.2) is 89.9 Å². The molecule has 35 heavy (non-hydrogen) atoms. The summed E-state index contributed by atoms with van der Waals surface area (Å²) in [6, 6.07) is 25.7. The van der Waals surface area contributed by atoms with Crippen molar-refractivity contribution in [1.82, 2.24) is 19.7 Å². The fourth-order valence-electron chi connectivity index (χ4n) is 3.63. The number of nitrogens with zero attached hydrogens (tertiary/aromatic N) is 3. The molecular weight excluding hydrogens is 440 g/mol. The molecule has 0 amide bonds. The Bertz CT molecular complexity index is 1520. The zero-order chi connectivity index (χ0) is 24.0. The van der Waals surface area contributed by atoms with Crippen LogP contribution in [-0.4, -0.2) is 19.7 Å². The molecular formula is C28H24N4O3. The zero-order valence-electron chi connectivity index (χ0n) is 19.2. The van der Waals surface area contributed by atoms with Crippen LogP contribution in [0.4, 0.5) is 0 Å². The van der Waals surface area contributed by atoms with Crippen LogP contribution in [0.25, 0.3) is 23.2 Å². The predicted molar refractivity (Wildman–Crippen MR) is 136 cm³/mol. The van der Waals surface area contributed by atoms with Crippen molar-refractivity contribution >= 4 is 23.2 Å². The van der Waals surface area contributed by atoms with Gasteiger partial charge in [-0.1, -0.05) is 72.8 Å². The van der Waals surface area contributed by atoms with E-state index in [0.29, 0.717) is 41.6 Å². The molecule has 0 saturated heterocycles. The molecule has 5 aromatic rings. The molecule has 0 saturated carbocycles. The van der Waals surface area contributed by atoms with Gasteiger partial charge in [-0.15, -0.1) is 0 Å². The van der Waals surface area contributed by atoms with Crippen LogP contribution in [0.3, 0.4) is 0 Å². The number of ether oxygens (including phenoxy) is 2. The largest absolute Gasteiger partial charge is 0.485 e. The molecule has 7 heteroatoms. The number of hydrogen-bond donors (Lipinski definition) is 1. The minimum absolute atomic E-state index is 0.223. The Morgan fingerprint density at radius 1 is 0.857 bits per heavy atom. The molecule has 1 N–H and O–H groups in total. The first kappa shape index (κ1) is 22.2. The second kappa shape index (κ2) is 10.1. The van der Waals surface area contributed by atoms with E-state index in [-0.39, 0.29) is 5.56 Å². The van der Waals surface area contributed by atoms with E-state index in [9.17, 15) is 4.79 Å². The van der Waals surface area contributed by atoms with Crippen LogP contribution >= 0.6 is 0 Å². The Balaban J connectivity index is 1.40. The molecule has 0 unspecified atom stereocenters. The van der Waals surface area contributed by atoms with Gasteiger partial charge in [-0.25, -0.2) is 4.98 Å². The van der Waals surface area contributed by atoms with Crippen LogP contribution in [0, 0.1) is 0 Å². The van der Waals surface area contributed by atoms with E-state index in [4.69, 9.17) is 9.47 Å². The van der Waals surface area contributed by atoms with Crippen molar-refractivity contribution in [2.75, 3.05) is 0 Å². The average molecular weight is 465 g/mol. The lowest BCUT2D eigenvalue weighted by Crippen LogP contribution is -2.09. The minimum atomic E-state index is -0.223. The summed E-state index contributed by atoms with van der Waals surface area (Å²) >= 11 is 0. The third-order valence-electron chi connectivity index (χ3n) is 5.50. The topological polar surface area (TPSA) is 82.0 Å². The highest BCUT2D eigenvalue weighted by atomic mass is 16.5. The van der Waals surface area contributed by atoms with E-state index >= 15 is 0 Å². The molecule has 0 bridgehead atoms. The van der Waals surface area contributed by atoms with E-state index in [0.717, 1.165) is 16.7 Å². The van der Waals surface area contributed by atoms with Gasteiger partial charge in [0, 0.05) is 7.05 Å².